The maximum absolute atomic E-state index is 12.3. The minimum atomic E-state index is -0.798. The predicted molar refractivity (Wildman–Crippen MR) is 127 cm³/mol. The summed E-state index contributed by atoms with van der Waals surface area (Å²) in [5.74, 6) is 0.137. The van der Waals surface area contributed by atoms with Crippen molar-refractivity contribution in [1.82, 2.24) is 19.5 Å². The fraction of sp³-hybridized carbons (Fsp3) is 0.167. The Bertz CT molecular complexity index is 1160. The van der Waals surface area contributed by atoms with Crippen molar-refractivity contribution in [3.05, 3.63) is 83.7 Å². The van der Waals surface area contributed by atoms with E-state index < -0.39 is 18.4 Å². The zero-order valence-corrected chi connectivity index (χ0v) is 19.3. The number of fused-ring (bicyclic) bond motifs is 1. The number of nitrogens with zero attached hydrogens (tertiary/aromatic N) is 3. The molecule has 1 aromatic heterocycles. The lowest BCUT2D eigenvalue weighted by atomic mass is 10.0. The van der Waals surface area contributed by atoms with Crippen LogP contribution in [0.25, 0.3) is 11.1 Å². The number of amides is 4. The van der Waals surface area contributed by atoms with Gasteiger partial charge in [0.05, 0.1) is 6.04 Å². The largest absolute Gasteiger partial charge is 0.508 e. The molecule has 0 aliphatic carbocycles. The van der Waals surface area contributed by atoms with Crippen molar-refractivity contribution in [2.45, 2.75) is 19.5 Å². The van der Waals surface area contributed by atoms with E-state index in [4.69, 9.17) is 5.11 Å². The Morgan fingerprint density at radius 2 is 1.82 bits per heavy atom. The van der Waals surface area contributed by atoms with Gasteiger partial charge >= 0.3 is 6.03 Å². The van der Waals surface area contributed by atoms with E-state index in [2.05, 4.69) is 10.3 Å². The van der Waals surface area contributed by atoms with Gasteiger partial charge in [-0.3, -0.25) is 14.6 Å². The van der Waals surface area contributed by atoms with E-state index in [-0.39, 0.29) is 24.1 Å². The molecule has 2 N–H and O–H groups in total. The van der Waals surface area contributed by atoms with Crippen LogP contribution in [-0.4, -0.2) is 44.7 Å². The van der Waals surface area contributed by atoms with Gasteiger partial charge in [0.2, 0.25) is 6.41 Å². The number of aromatic nitrogens is 1. The molecule has 34 heavy (non-hydrogen) atoms. The van der Waals surface area contributed by atoms with E-state index in [0.29, 0.717) is 16.4 Å². The Labute approximate surface area is 200 Å². The Kier molecular flexibility index (Phi) is 8.20. The Hall–Kier alpha value is -3.92. The second-order valence-corrected chi connectivity index (χ2v) is 8.06. The summed E-state index contributed by atoms with van der Waals surface area (Å²) in [4.78, 5) is 39.1. The number of urea groups is 1. The molecule has 0 fully saturated rings. The van der Waals surface area contributed by atoms with Gasteiger partial charge in [-0.25, -0.2) is 4.79 Å². The number of rotatable bonds is 5. The highest BCUT2D eigenvalue weighted by atomic mass is 32.2. The second kappa shape index (κ2) is 11.3. The molecule has 10 heteroatoms. The molecule has 1 aliphatic rings. The van der Waals surface area contributed by atoms with Gasteiger partial charge < -0.3 is 15.3 Å². The number of hydrogen-bond acceptors (Lipinski definition) is 6. The van der Waals surface area contributed by atoms with Crippen molar-refractivity contribution in [2.24, 2.45) is 0 Å². The SMILES string of the molecule is CC(NC(=O)N(C=O)SF)c1ccc(-c2ccncc2)cc1.CN1Cc2ccc(O)cc2C1=O. The van der Waals surface area contributed by atoms with E-state index in [1.54, 1.807) is 43.4 Å². The van der Waals surface area contributed by atoms with Crippen LogP contribution in [0.2, 0.25) is 0 Å². The fourth-order valence-electron chi connectivity index (χ4n) is 3.37. The molecule has 2 heterocycles. The second-order valence-electron chi connectivity index (χ2n) is 7.53. The smallest absolute Gasteiger partial charge is 0.336 e. The van der Waals surface area contributed by atoms with Crippen molar-refractivity contribution in [2.75, 3.05) is 7.05 Å². The number of phenolic OH excluding ortho intramolecular Hbond substituents is 1. The quantitative estimate of drug-likeness (QED) is 0.410. The number of benzene rings is 2. The van der Waals surface area contributed by atoms with Crippen molar-refractivity contribution in [1.29, 1.82) is 0 Å². The number of carbonyl (C=O) groups excluding carboxylic acids is 3. The lowest BCUT2D eigenvalue weighted by Gasteiger charge is -2.17. The summed E-state index contributed by atoms with van der Waals surface area (Å²) in [7, 11) is 1.75. The Balaban J connectivity index is 0.000000226. The monoisotopic (exact) mass is 482 g/mol. The molecule has 1 unspecified atom stereocenters. The molecule has 1 aliphatic heterocycles. The molecule has 3 aromatic rings. The molecular formula is C24H23FN4O4S. The summed E-state index contributed by atoms with van der Waals surface area (Å²) in [6.07, 6.45) is 3.56. The highest BCUT2D eigenvalue weighted by molar-refractivity contribution is 7.92. The van der Waals surface area contributed by atoms with Crippen LogP contribution in [0.1, 0.15) is 34.5 Å². The minimum Gasteiger partial charge on any atom is -0.508 e. The van der Waals surface area contributed by atoms with E-state index in [0.717, 1.165) is 22.3 Å². The molecule has 0 spiro atoms. The average Bonchev–Trinajstić information content (AvgIpc) is 3.14. The van der Waals surface area contributed by atoms with Gasteiger partial charge in [-0.2, -0.15) is 4.31 Å². The number of imide groups is 1. The van der Waals surface area contributed by atoms with Gasteiger partial charge in [0, 0.05) is 31.5 Å². The van der Waals surface area contributed by atoms with Crippen LogP contribution in [-0.2, 0) is 11.3 Å². The van der Waals surface area contributed by atoms with Gasteiger partial charge in [-0.1, -0.05) is 30.3 Å². The van der Waals surface area contributed by atoms with Gasteiger partial charge in [0.15, 0.2) is 12.3 Å². The molecule has 0 saturated carbocycles. The summed E-state index contributed by atoms with van der Waals surface area (Å²) >= 11 is -0.438. The molecule has 4 amide bonds. The van der Waals surface area contributed by atoms with Crippen LogP contribution in [0.5, 0.6) is 5.75 Å². The third-order valence-electron chi connectivity index (χ3n) is 5.21. The van der Waals surface area contributed by atoms with Gasteiger partial charge in [-0.15, -0.1) is 3.89 Å². The molecule has 0 radical (unpaired) electrons. The number of aromatic hydroxyl groups is 1. The first-order chi connectivity index (χ1) is 16.3. The zero-order chi connectivity index (χ0) is 24.7. The standard InChI is InChI=1S/C15H14FN3O2S.C9H9NO2/c1-11(18-15(21)19(10-20)22-16)12-2-4-13(5-3-12)14-6-8-17-9-7-14;1-10-5-6-2-3-7(11)4-8(6)9(10)12/h2-11H,1H3,(H,18,21);2-4,11H,5H2,1H3. The predicted octanol–water partition coefficient (Wildman–Crippen LogP) is 4.49. The summed E-state index contributed by atoms with van der Waals surface area (Å²) < 4.78 is 12.7. The van der Waals surface area contributed by atoms with Crippen LogP contribution in [0.3, 0.4) is 0 Å². The van der Waals surface area contributed by atoms with Crippen LogP contribution in [0.15, 0.2) is 67.0 Å². The van der Waals surface area contributed by atoms with Crippen molar-refractivity contribution < 1.29 is 23.4 Å². The Morgan fingerprint density at radius 1 is 1.18 bits per heavy atom. The first kappa shape index (κ1) is 24.7. The summed E-state index contributed by atoms with van der Waals surface area (Å²) in [6, 6.07) is 15.1. The highest BCUT2D eigenvalue weighted by Gasteiger charge is 2.24. The minimum absolute atomic E-state index is 0.0131. The molecular weight excluding hydrogens is 459 g/mol. The maximum Gasteiger partial charge on any atom is 0.336 e. The van der Waals surface area contributed by atoms with Gasteiger partial charge in [-0.05, 0) is 53.4 Å². The van der Waals surface area contributed by atoms with Crippen molar-refractivity contribution in [3.63, 3.8) is 0 Å². The van der Waals surface area contributed by atoms with Crippen LogP contribution < -0.4 is 5.32 Å². The Morgan fingerprint density at radius 3 is 2.44 bits per heavy atom. The lowest BCUT2D eigenvalue weighted by Crippen LogP contribution is -2.35. The number of carbonyl (C=O) groups is 3. The number of halogens is 1. The summed E-state index contributed by atoms with van der Waals surface area (Å²) in [6.45, 7) is 2.40. The third-order valence-corrected chi connectivity index (χ3v) is 5.61. The zero-order valence-electron chi connectivity index (χ0n) is 18.5. The molecule has 2 aromatic carbocycles. The normalized spacial score (nSPS) is 12.8. The first-order valence-corrected chi connectivity index (χ1v) is 10.9. The number of nitrogens with one attached hydrogen (secondary N) is 1. The molecule has 0 bridgehead atoms. The third kappa shape index (κ3) is 5.90. The van der Waals surface area contributed by atoms with Crippen LogP contribution in [0.4, 0.5) is 8.68 Å². The molecule has 4 rings (SSSR count). The molecule has 8 nitrogen and oxygen atoms in total. The van der Waals surface area contributed by atoms with E-state index in [1.165, 1.54) is 6.07 Å². The summed E-state index contributed by atoms with van der Waals surface area (Å²) in [5, 5.41) is 11.7. The maximum atomic E-state index is 12.3. The summed E-state index contributed by atoms with van der Waals surface area (Å²) in [5.41, 5.74) is 4.52. The van der Waals surface area contributed by atoms with Crippen LogP contribution in [0, 0.1) is 0 Å². The van der Waals surface area contributed by atoms with E-state index in [1.807, 2.05) is 36.4 Å². The average molecular weight is 483 g/mol. The highest BCUT2D eigenvalue weighted by Crippen LogP contribution is 2.25. The van der Waals surface area contributed by atoms with Crippen molar-refractivity contribution in [3.8, 4) is 16.9 Å². The van der Waals surface area contributed by atoms with Crippen molar-refractivity contribution >= 4 is 30.7 Å². The molecule has 1 atom stereocenters. The first-order valence-electron chi connectivity index (χ1n) is 10.3. The van der Waals surface area contributed by atoms with Gasteiger partial charge in [0.1, 0.15) is 5.75 Å². The number of pyridine rings is 1. The van der Waals surface area contributed by atoms with E-state index >= 15 is 0 Å². The van der Waals surface area contributed by atoms with E-state index in [9.17, 15) is 18.3 Å². The van der Waals surface area contributed by atoms with Gasteiger partial charge in [0.25, 0.3) is 5.91 Å². The fourth-order valence-corrected chi connectivity index (χ4v) is 3.52. The number of hydrogen-bond donors (Lipinski definition) is 2. The lowest BCUT2D eigenvalue weighted by molar-refractivity contribution is -0.112. The molecule has 0 saturated heterocycles. The number of phenols is 1. The molecule has 176 valence electrons. The van der Waals surface area contributed by atoms with Crippen LogP contribution >= 0.6 is 12.3 Å². The topological polar surface area (TPSA) is 103 Å².